The number of nitrogens with one attached hydrogen (secondary N) is 2. The van der Waals surface area contributed by atoms with Crippen LogP contribution in [0.4, 0.5) is 0 Å². The number of hydrogen-bond acceptors (Lipinski definition) is 3. The summed E-state index contributed by atoms with van der Waals surface area (Å²) in [6.07, 6.45) is 1.34. The number of halogens is 1. The van der Waals surface area contributed by atoms with Crippen LogP contribution in [0.15, 0.2) is 84.0 Å². The molecule has 1 aliphatic rings. The first-order valence-corrected chi connectivity index (χ1v) is 9.45. The Morgan fingerprint density at radius 2 is 1.89 bits per heavy atom. The van der Waals surface area contributed by atoms with Gasteiger partial charge in [-0.15, -0.1) is 0 Å². The first-order chi connectivity index (χ1) is 13.6. The molecule has 5 nitrogen and oxygen atoms in total. The van der Waals surface area contributed by atoms with Crippen molar-refractivity contribution in [3.05, 3.63) is 101 Å². The first kappa shape index (κ1) is 18.3. The number of carbonyl (C=O) groups excluding carboxylic acids is 1. The molecule has 2 atom stereocenters. The van der Waals surface area contributed by atoms with Gasteiger partial charge in [-0.3, -0.25) is 15.1 Å². The number of hydrogen-bond donors (Lipinski definition) is 2. The van der Waals surface area contributed by atoms with Crippen LogP contribution in [-0.2, 0) is 11.3 Å². The van der Waals surface area contributed by atoms with E-state index in [-0.39, 0.29) is 12.1 Å². The Morgan fingerprint density at radius 3 is 2.57 bits per heavy atom. The van der Waals surface area contributed by atoms with Crippen LogP contribution in [0.25, 0.3) is 5.70 Å². The van der Waals surface area contributed by atoms with Crippen molar-refractivity contribution in [1.29, 1.82) is 0 Å². The molecule has 3 aromatic rings. The molecule has 1 fully saturated rings. The fraction of sp³-hybridized carbons (Fsp3) is 0.136. The summed E-state index contributed by atoms with van der Waals surface area (Å²) in [6, 6.07) is 21.2. The van der Waals surface area contributed by atoms with E-state index in [0.717, 1.165) is 16.2 Å². The predicted octanol–water partition coefficient (Wildman–Crippen LogP) is 3.03. The van der Waals surface area contributed by atoms with Gasteiger partial charge in [0, 0.05) is 10.6 Å². The highest BCUT2D eigenvalue weighted by Crippen LogP contribution is 2.21. The van der Waals surface area contributed by atoms with Gasteiger partial charge < -0.3 is 4.42 Å². The number of rotatable bonds is 6. The average Bonchev–Trinajstić information content (AvgIpc) is 3.32. The van der Waals surface area contributed by atoms with Crippen molar-refractivity contribution < 1.29 is 14.1 Å². The van der Waals surface area contributed by atoms with Crippen LogP contribution >= 0.6 is 11.6 Å². The number of amides is 1. The van der Waals surface area contributed by atoms with Crippen LogP contribution in [0.5, 0.6) is 0 Å². The van der Waals surface area contributed by atoms with Crippen molar-refractivity contribution in [2.75, 3.05) is 6.54 Å². The zero-order valence-corrected chi connectivity index (χ0v) is 16.0. The molecule has 6 heteroatoms. The molecule has 2 aromatic carbocycles. The first-order valence-electron chi connectivity index (χ1n) is 9.07. The molecule has 1 aromatic heterocycles. The molecule has 0 bridgehead atoms. The molecule has 0 aliphatic carbocycles. The molecule has 0 radical (unpaired) electrons. The molecule has 1 amide bonds. The number of benzene rings is 2. The van der Waals surface area contributed by atoms with Crippen molar-refractivity contribution >= 4 is 23.2 Å². The van der Waals surface area contributed by atoms with Gasteiger partial charge in [0.25, 0.3) is 0 Å². The monoisotopic (exact) mass is 394 g/mol. The van der Waals surface area contributed by atoms with E-state index >= 15 is 0 Å². The third-order valence-corrected chi connectivity index (χ3v) is 5.08. The molecule has 2 heterocycles. The van der Waals surface area contributed by atoms with Gasteiger partial charge >= 0.3 is 5.91 Å². The van der Waals surface area contributed by atoms with Crippen LogP contribution in [0, 0.1) is 0 Å². The van der Waals surface area contributed by atoms with E-state index in [4.69, 9.17) is 16.0 Å². The maximum atomic E-state index is 12.8. The van der Waals surface area contributed by atoms with Crippen LogP contribution in [0.1, 0.15) is 23.1 Å². The zero-order chi connectivity index (χ0) is 19.5. The minimum absolute atomic E-state index is 0.0116. The normalized spacial score (nSPS) is 19.0. The molecule has 1 aliphatic heterocycles. The molecular formula is C22H21ClN3O2+. The summed E-state index contributed by atoms with van der Waals surface area (Å²) in [5.41, 5.74) is 5.85. The Kier molecular flexibility index (Phi) is 5.19. The van der Waals surface area contributed by atoms with E-state index in [2.05, 4.69) is 24.1 Å². The van der Waals surface area contributed by atoms with E-state index in [1.54, 1.807) is 23.4 Å². The quantitative estimate of drug-likeness (QED) is 0.675. The number of carbonyl (C=O) groups is 1. The van der Waals surface area contributed by atoms with Crippen molar-refractivity contribution in [2.24, 2.45) is 0 Å². The van der Waals surface area contributed by atoms with Crippen molar-refractivity contribution in [2.45, 2.75) is 12.7 Å². The number of hydrazine groups is 1. The number of quaternary nitrogens is 1. The maximum absolute atomic E-state index is 12.8. The smallest absolute Gasteiger partial charge is 0.301 e. The molecule has 142 valence electrons. The summed E-state index contributed by atoms with van der Waals surface area (Å²) >= 11 is 5.97. The predicted molar refractivity (Wildman–Crippen MR) is 108 cm³/mol. The lowest BCUT2D eigenvalue weighted by Gasteiger charge is -2.27. The van der Waals surface area contributed by atoms with E-state index in [9.17, 15) is 4.79 Å². The standard InChI is InChI=1S/C22H20ClN3O2/c1-16(18-9-11-19(23)12-10-18)24-26-21(27)15-25(14-17-6-3-2-4-7-17)22(26)20-8-5-13-28-20/h2-13,22,24H,1,14-15H2/p+1/t22-/m0/s1. The summed E-state index contributed by atoms with van der Waals surface area (Å²) in [6.45, 7) is 5.16. The summed E-state index contributed by atoms with van der Waals surface area (Å²) < 4.78 is 5.67. The molecule has 0 saturated carbocycles. The van der Waals surface area contributed by atoms with Crippen LogP contribution < -0.4 is 10.3 Å². The van der Waals surface area contributed by atoms with Crippen molar-refractivity contribution in [1.82, 2.24) is 10.4 Å². The van der Waals surface area contributed by atoms with Gasteiger partial charge in [0.2, 0.25) is 6.17 Å². The fourth-order valence-electron chi connectivity index (χ4n) is 3.48. The van der Waals surface area contributed by atoms with Crippen molar-refractivity contribution in [3.63, 3.8) is 0 Å². The van der Waals surface area contributed by atoms with E-state index in [0.29, 0.717) is 23.8 Å². The highest BCUT2D eigenvalue weighted by molar-refractivity contribution is 6.30. The van der Waals surface area contributed by atoms with Crippen LogP contribution in [0.2, 0.25) is 5.02 Å². The summed E-state index contributed by atoms with van der Waals surface area (Å²) in [5.74, 6) is 0.718. The zero-order valence-electron chi connectivity index (χ0n) is 15.3. The minimum Gasteiger partial charge on any atom is -0.461 e. The summed E-state index contributed by atoms with van der Waals surface area (Å²) in [4.78, 5) is 13.9. The topological polar surface area (TPSA) is 49.9 Å². The molecule has 0 spiro atoms. The molecule has 1 saturated heterocycles. The molecule has 28 heavy (non-hydrogen) atoms. The number of nitrogens with zero attached hydrogens (tertiary/aromatic N) is 1. The minimum atomic E-state index is -0.285. The Balaban J connectivity index is 1.59. The maximum Gasteiger partial charge on any atom is 0.301 e. The largest absolute Gasteiger partial charge is 0.461 e. The Labute approximate surface area is 168 Å². The Bertz CT molecular complexity index is 955. The van der Waals surface area contributed by atoms with Gasteiger partial charge in [-0.1, -0.05) is 60.6 Å². The molecule has 4 rings (SSSR count). The molecular weight excluding hydrogens is 374 g/mol. The lowest BCUT2D eigenvalue weighted by atomic mass is 10.2. The average molecular weight is 395 g/mol. The lowest BCUT2D eigenvalue weighted by Crippen LogP contribution is -3.10. The molecule has 2 N–H and O–H groups in total. The number of furan rings is 1. The SMILES string of the molecule is C=C(NN1C(=O)C[NH+](Cc2ccccc2)[C@@H]1c1ccco1)c1ccc(Cl)cc1. The third kappa shape index (κ3) is 3.81. The second kappa shape index (κ2) is 7.92. The van der Waals surface area contributed by atoms with E-state index in [1.165, 1.54) is 5.56 Å². The van der Waals surface area contributed by atoms with Gasteiger partial charge in [-0.25, -0.2) is 0 Å². The van der Waals surface area contributed by atoms with Gasteiger partial charge in [0.1, 0.15) is 6.54 Å². The molecule has 1 unspecified atom stereocenters. The van der Waals surface area contributed by atoms with Crippen LogP contribution in [-0.4, -0.2) is 17.5 Å². The van der Waals surface area contributed by atoms with Gasteiger partial charge in [-0.05, 0) is 29.8 Å². The fourth-order valence-corrected chi connectivity index (χ4v) is 3.61. The Morgan fingerprint density at radius 1 is 1.14 bits per heavy atom. The van der Waals surface area contributed by atoms with Crippen molar-refractivity contribution in [3.8, 4) is 0 Å². The second-order valence-corrected chi connectivity index (χ2v) is 7.21. The summed E-state index contributed by atoms with van der Waals surface area (Å²) in [7, 11) is 0. The lowest BCUT2D eigenvalue weighted by molar-refractivity contribution is -0.938. The highest BCUT2D eigenvalue weighted by Gasteiger charge is 2.45. The van der Waals surface area contributed by atoms with Gasteiger partial charge in [0.15, 0.2) is 12.3 Å². The highest BCUT2D eigenvalue weighted by atomic mass is 35.5. The summed E-state index contributed by atoms with van der Waals surface area (Å²) in [5, 5.41) is 2.27. The van der Waals surface area contributed by atoms with Crippen LogP contribution in [0.3, 0.4) is 0 Å². The second-order valence-electron chi connectivity index (χ2n) is 6.78. The third-order valence-electron chi connectivity index (χ3n) is 4.83. The Hall–Kier alpha value is -3.02. The van der Waals surface area contributed by atoms with Gasteiger partial charge in [0.05, 0.1) is 12.0 Å². The van der Waals surface area contributed by atoms with E-state index < -0.39 is 0 Å². The van der Waals surface area contributed by atoms with Gasteiger partial charge in [-0.2, -0.15) is 5.01 Å². The van der Waals surface area contributed by atoms with E-state index in [1.807, 2.05) is 42.5 Å².